The molecule has 9 nitrogen and oxygen atoms in total. The summed E-state index contributed by atoms with van der Waals surface area (Å²) < 4.78 is 41.6. The van der Waals surface area contributed by atoms with E-state index in [2.05, 4.69) is 5.32 Å². The number of likely N-dealkylation sites (tertiary alicyclic amines) is 1. The van der Waals surface area contributed by atoms with E-state index in [0.29, 0.717) is 5.39 Å². The molecule has 3 aromatic rings. The van der Waals surface area contributed by atoms with Gasteiger partial charge in [0.15, 0.2) is 5.78 Å². The Kier molecular flexibility index (Phi) is 7.52. The first-order valence-electron chi connectivity index (χ1n) is 11.2. The van der Waals surface area contributed by atoms with E-state index in [-0.39, 0.29) is 52.3 Å². The van der Waals surface area contributed by atoms with Crippen molar-refractivity contribution in [3.63, 3.8) is 0 Å². The van der Waals surface area contributed by atoms with Gasteiger partial charge in [-0.2, -0.15) is 0 Å². The van der Waals surface area contributed by atoms with Crippen LogP contribution in [-0.2, 0) is 27.2 Å². The molecule has 1 aliphatic heterocycles. The van der Waals surface area contributed by atoms with E-state index in [9.17, 15) is 37.5 Å². The molecule has 1 aliphatic rings. The standard InChI is InChI=1S/C24H23ClF2N3O6P/c1-13(31)18-11-29(20-8-16(37(34,35)36)5-6-17(18)20)12-22(32)30-10-15(26)7-21(30)24(33)28-9-14-3-2-4-19(25)23(14)27/h2-6,8,11,15,21H,7,9-10,12H2,1H3,(H,28,33)(H2,34,35,36). The maximum absolute atomic E-state index is 14.3. The van der Waals surface area contributed by atoms with E-state index in [1.165, 1.54) is 54.1 Å². The maximum Gasteiger partial charge on any atom is 0.356 e. The smallest absolute Gasteiger partial charge is 0.350 e. The second kappa shape index (κ2) is 10.3. The number of amides is 2. The third kappa shape index (κ3) is 5.60. The van der Waals surface area contributed by atoms with Gasteiger partial charge in [0, 0.05) is 35.7 Å². The number of nitrogens with one attached hydrogen (secondary N) is 1. The van der Waals surface area contributed by atoms with Gasteiger partial charge in [-0.3, -0.25) is 18.9 Å². The lowest BCUT2D eigenvalue weighted by molar-refractivity contribution is -0.139. The Labute approximate surface area is 215 Å². The third-order valence-electron chi connectivity index (χ3n) is 6.24. The SMILES string of the molecule is CC(=O)c1cn(CC(=O)N2CC(F)CC2C(=O)NCc2cccc(Cl)c2F)c2cc(P(=O)(O)O)ccc12. The van der Waals surface area contributed by atoms with Crippen molar-refractivity contribution >= 4 is 53.0 Å². The molecule has 2 heterocycles. The molecule has 3 N–H and O–H groups in total. The third-order valence-corrected chi connectivity index (χ3v) is 7.49. The quantitative estimate of drug-likeness (QED) is 0.305. The molecule has 2 amide bonds. The minimum atomic E-state index is -4.61. The monoisotopic (exact) mass is 553 g/mol. The molecule has 1 saturated heterocycles. The normalized spacial score (nSPS) is 17.8. The van der Waals surface area contributed by atoms with E-state index in [4.69, 9.17) is 11.6 Å². The number of fused-ring (bicyclic) bond motifs is 1. The lowest BCUT2D eigenvalue weighted by Crippen LogP contribution is -2.46. The van der Waals surface area contributed by atoms with Gasteiger partial charge in [-0.15, -0.1) is 0 Å². The lowest BCUT2D eigenvalue weighted by atomic mass is 10.1. The van der Waals surface area contributed by atoms with Crippen LogP contribution in [-0.4, -0.2) is 55.6 Å². The Bertz CT molecular complexity index is 1460. The molecule has 196 valence electrons. The summed E-state index contributed by atoms with van der Waals surface area (Å²) in [6, 6.07) is 6.96. The Morgan fingerprint density at radius 3 is 2.62 bits per heavy atom. The van der Waals surface area contributed by atoms with Crippen molar-refractivity contribution in [2.45, 2.75) is 38.6 Å². The van der Waals surface area contributed by atoms with Gasteiger partial charge in [0.25, 0.3) is 0 Å². The predicted molar refractivity (Wildman–Crippen MR) is 132 cm³/mol. The Hall–Kier alpha value is -3.11. The Balaban J connectivity index is 1.57. The van der Waals surface area contributed by atoms with Gasteiger partial charge < -0.3 is 24.6 Å². The summed E-state index contributed by atoms with van der Waals surface area (Å²) >= 11 is 5.76. The highest BCUT2D eigenvalue weighted by Crippen LogP contribution is 2.35. The van der Waals surface area contributed by atoms with Crippen molar-refractivity contribution in [1.29, 1.82) is 0 Å². The molecule has 1 fully saturated rings. The van der Waals surface area contributed by atoms with Crippen molar-refractivity contribution in [2.24, 2.45) is 0 Å². The molecule has 2 unspecified atom stereocenters. The summed E-state index contributed by atoms with van der Waals surface area (Å²) in [6.07, 6.45) is -0.324. The highest BCUT2D eigenvalue weighted by Gasteiger charge is 2.40. The average molecular weight is 554 g/mol. The molecule has 0 spiro atoms. The first kappa shape index (κ1) is 26.9. The number of carbonyl (C=O) groups is 3. The number of nitrogens with zero attached hydrogens (tertiary/aromatic N) is 2. The van der Waals surface area contributed by atoms with E-state index in [1.54, 1.807) is 0 Å². The molecule has 0 bridgehead atoms. The van der Waals surface area contributed by atoms with Crippen LogP contribution < -0.4 is 10.6 Å². The molecule has 0 radical (unpaired) electrons. The zero-order valence-electron chi connectivity index (χ0n) is 19.5. The first-order valence-corrected chi connectivity index (χ1v) is 13.2. The van der Waals surface area contributed by atoms with E-state index in [1.807, 2.05) is 0 Å². The summed E-state index contributed by atoms with van der Waals surface area (Å²) in [5, 5.41) is 2.50. The zero-order chi connectivity index (χ0) is 27.1. The zero-order valence-corrected chi connectivity index (χ0v) is 21.2. The predicted octanol–water partition coefficient (Wildman–Crippen LogP) is 2.69. The lowest BCUT2D eigenvalue weighted by Gasteiger charge is -2.24. The molecule has 1 aromatic heterocycles. The van der Waals surface area contributed by atoms with Gasteiger partial charge in [-0.25, -0.2) is 8.78 Å². The van der Waals surface area contributed by atoms with Gasteiger partial charge in [-0.1, -0.05) is 29.8 Å². The molecular formula is C24H23ClF2N3O6P. The Morgan fingerprint density at radius 2 is 1.95 bits per heavy atom. The van der Waals surface area contributed by atoms with Crippen molar-refractivity contribution in [1.82, 2.24) is 14.8 Å². The molecule has 2 atom stereocenters. The first-order chi connectivity index (χ1) is 17.4. The molecule has 37 heavy (non-hydrogen) atoms. The van der Waals surface area contributed by atoms with Gasteiger partial charge in [0.2, 0.25) is 11.8 Å². The van der Waals surface area contributed by atoms with Crippen LogP contribution in [0.4, 0.5) is 8.78 Å². The fourth-order valence-corrected chi connectivity index (χ4v) is 5.16. The number of hydrogen-bond donors (Lipinski definition) is 3. The number of alkyl halides is 1. The molecule has 2 aromatic carbocycles. The van der Waals surface area contributed by atoms with Crippen LogP contribution in [0.2, 0.25) is 5.02 Å². The number of Topliss-reactive ketones (excluding diaryl/α,β-unsaturated/α-hetero) is 1. The number of hydrogen-bond acceptors (Lipinski definition) is 4. The highest BCUT2D eigenvalue weighted by atomic mass is 35.5. The number of halogens is 3. The summed E-state index contributed by atoms with van der Waals surface area (Å²) in [5.74, 6) is -2.32. The Morgan fingerprint density at radius 1 is 1.22 bits per heavy atom. The molecule has 13 heteroatoms. The molecule has 4 rings (SSSR count). The molecule has 0 aliphatic carbocycles. The summed E-state index contributed by atoms with van der Waals surface area (Å²) in [4.78, 5) is 58.3. The van der Waals surface area contributed by atoms with Crippen LogP contribution in [0.5, 0.6) is 0 Å². The molecule has 0 saturated carbocycles. The van der Waals surface area contributed by atoms with Crippen LogP contribution in [0, 0.1) is 5.82 Å². The summed E-state index contributed by atoms with van der Waals surface area (Å²) in [5.41, 5.74) is 0.598. The highest BCUT2D eigenvalue weighted by molar-refractivity contribution is 7.60. The van der Waals surface area contributed by atoms with E-state index < -0.39 is 44.0 Å². The van der Waals surface area contributed by atoms with Crippen LogP contribution in [0.25, 0.3) is 10.9 Å². The average Bonchev–Trinajstić information content (AvgIpc) is 3.40. The number of carbonyl (C=O) groups excluding carboxylic acids is 3. The minimum Gasteiger partial charge on any atom is -0.350 e. The topological polar surface area (TPSA) is 129 Å². The van der Waals surface area contributed by atoms with Gasteiger partial charge in [0.1, 0.15) is 24.6 Å². The van der Waals surface area contributed by atoms with Gasteiger partial charge in [0.05, 0.1) is 22.4 Å². The fourth-order valence-electron chi connectivity index (χ4n) is 4.40. The van der Waals surface area contributed by atoms with Gasteiger partial charge >= 0.3 is 7.60 Å². The number of benzene rings is 2. The number of aromatic nitrogens is 1. The largest absolute Gasteiger partial charge is 0.356 e. The van der Waals surface area contributed by atoms with Gasteiger partial charge in [-0.05, 0) is 25.1 Å². The van der Waals surface area contributed by atoms with E-state index in [0.717, 1.165) is 4.90 Å². The van der Waals surface area contributed by atoms with Crippen molar-refractivity contribution in [2.75, 3.05) is 6.54 Å². The second-order valence-corrected chi connectivity index (χ2v) is 10.8. The van der Waals surface area contributed by atoms with Crippen molar-refractivity contribution in [3.05, 3.63) is 64.6 Å². The minimum absolute atomic E-state index is 0.112. The van der Waals surface area contributed by atoms with Crippen LogP contribution >= 0.6 is 19.2 Å². The summed E-state index contributed by atoms with van der Waals surface area (Å²) in [7, 11) is -4.61. The second-order valence-electron chi connectivity index (χ2n) is 8.80. The van der Waals surface area contributed by atoms with Crippen molar-refractivity contribution < 1.29 is 37.5 Å². The number of rotatable bonds is 7. The summed E-state index contributed by atoms with van der Waals surface area (Å²) in [6.45, 7) is 0.355. The van der Waals surface area contributed by atoms with E-state index >= 15 is 0 Å². The molecular weight excluding hydrogens is 531 g/mol. The van der Waals surface area contributed by atoms with Crippen LogP contribution in [0.1, 0.15) is 29.3 Å². The fraction of sp³-hybridized carbons (Fsp3) is 0.292. The maximum atomic E-state index is 14.3. The number of ketones is 1. The van der Waals surface area contributed by atoms with Crippen LogP contribution in [0.15, 0.2) is 42.6 Å². The van der Waals surface area contributed by atoms with Crippen molar-refractivity contribution in [3.8, 4) is 0 Å². The van der Waals surface area contributed by atoms with Crippen LogP contribution in [0.3, 0.4) is 0 Å².